The number of aromatic nitrogens is 2. The summed E-state index contributed by atoms with van der Waals surface area (Å²) in [5.74, 6) is 0.529. The van der Waals surface area contributed by atoms with Crippen LogP contribution in [0.3, 0.4) is 0 Å². The standard InChI is InChI=1S/C14H15BrClFN2S/c1-8(16)13-18-11-6-10(17)9(15)5-12(11)19(13)7-14(20-2)3-4-14/h5-6,8H,3-4,7H2,1-2H3. The van der Waals surface area contributed by atoms with Gasteiger partial charge in [-0.05, 0) is 48.0 Å². The Morgan fingerprint density at radius 1 is 1.55 bits per heavy atom. The lowest BCUT2D eigenvalue weighted by Crippen LogP contribution is -2.16. The van der Waals surface area contributed by atoms with E-state index in [1.54, 1.807) is 6.07 Å². The van der Waals surface area contributed by atoms with Crippen molar-refractivity contribution < 1.29 is 4.39 Å². The summed E-state index contributed by atoms with van der Waals surface area (Å²) < 4.78 is 16.6. The molecule has 2 nitrogen and oxygen atoms in total. The minimum atomic E-state index is -0.290. The topological polar surface area (TPSA) is 17.8 Å². The molecular formula is C14H15BrClFN2S. The number of fused-ring (bicyclic) bond motifs is 1. The molecule has 2 aromatic rings. The molecule has 1 unspecified atom stereocenters. The van der Waals surface area contributed by atoms with Gasteiger partial charge in [0.25, 0.3) is 0 Å². The predicted molar refractivity (Wildman–Crippen MR) is 87.1 cm³/mol. The van der Waals surface area contributed by atoms with E-state index in [1.807, 2.05) is 18.7 Å². The highest BCUT2D eigenvalue weighted by molar-refractivity contribution is 9.10. The second-order valence-corrected chi connectivity index (χ2v) is 8.10. The molecule has 1 saturated carbocycles. The van der Waals surface area contributed by atoms with Gasteiger partial charge in [0.15, 0.2) is 0 Å². The molecule has 1 atom stereocenters. The number of rotatable bonds is 4. The minimum Gasteiger partial charge on any atom is -0.325 e. The first-order valence-corrected chi connectivity index (χ1v) is 8.95. The average molecular weight is 378 g/mol. The average Bonchev–Trinajstić information content (AvgIpc) is 3.10. The van der Waals surface area contributed by atoms with Crippen molar-refractivity contribution in [3.05, 3.63) is 28.2 Å². The molecule has 1 aromatic heterocycles. The summed E-state index contributed by atoms with van der Waals surface area (Å²) in [5, 5.41) is -0.193. The molecule has 1 aromatic carbocycles. The highest BCUT2D eigenvalue weighted by Crippen LogP contribution is 2.49. The number of halogens is 3. The minimum absolute atomic E-state index is 0.193. The molecule has 0 radical (unpaired) electrons. The van der Waals surface area contributed by atoms with Gasteiger partial charge >= 0.3 is 0 Å². The molecule has 1 fully saturated rings. The SMILES string of the molecule is CSC1(Cn2c(C(C)Cl)nc3cc(F)c(Br)cc32)CC1. The fourth-order valence-corrected chi connectivity index (χ4v) is 3.73. The monoisotopic (exact) mass is 376 g/mol. The molecule has 0 aliphatic heterocycles. The largest absolute Gasteiger partial charge is 0.325 e. The number of imidazole rings is 1. The zero-order chi connectivity index (χ0) is 14.5. The van der Waals surface area contributed by atoms with Crippen molar-refractivity contribution in [2.75, 3.05) is 6.26 Å². The molecule has 108 valence electrons. The molecule has 0 spiro atoms. The molecule has 0 saturated heterocycles. The van der Waals surface area contributed by atoms with E-state index in [0.29, 0.717) is 14.7 Å². The molecule has 0 amide bonds. The normalized spacial score (nSPS) is 18.4. The smallest absolute Gasteiger partial charge is 0.139 e. The number of hydrogen-bond acceptors (Lipinski definition) is 2. The van der Waals surface area contributed by atoms with Gasteiger partial charge in [-0.2, -0.15) is 11.8 Å². The molecule has 1 aliphatic rings. The maximum atomic E-state index is 13.7. The van der Waals surface area contributed by atoms with Crippen LogP contribution in [0, 0.1) is 5.82 Å². The van der Waals surface area contributed by atoms with Crippen LogP contribution >= 0.6 is 39.3 Å². The van der Waals surface area contributed by atoms with Gasteiger partial charge in [0, 0.05) is 17.4 Å². The molecule has 0 N–H and O–H groups in total. The maximum absolute atomic E-state index is 13.7. The summed E-state index contributed by atoms with van der Waals surface area (Å²) in [6.07, 6.45) is 4.57. The maximum Gasteiger partial charge on any atom is 0.139 e. The highest BCUT2D eigenvalue weighted by Gasteiger charge is 2.43. The van der Waals surface area contributed by atoms with Crippen LogP contribution < -0.4 is 0 Å². The first-order chi connectivity index (χ1) is 9.46. The first-order valence-electron chi connectivity index (χ1n) is 6.50. The lowest BCUT2D eigenvalue weighted by Gasteiger charge is -2.17. The van der Waals surface area contributed by atoms with E-state index < -0.39 is 0 Å². The van der Waals surface area contributed by atoms with Crippen LogP contribution in [-0.4, -0.2) is 20.6 Å². The lowest BCUT2D eigenvalue weighted by molar-refractivity contribution is 0.621. The predicted octanol–water partition coefficient (Wildman–Crippen LogP) is 5.13. The number of alkyl halides is 1. The third-order valence-corrected chi connectivity index (χ3v) is 6.07. The zero-order valence-electron chi connectivity index (χ0n) is 11.3. The second-order valence-electron chi connectivity index (χ2n) is 5.31. The van der Waals surface area contributed by atoms with Crippen molar-refractivity contribution >= 4 is 50.3 Å². The zero-order valence-corrected chi connectivity index (χ0v) is 14.4. The van der Waals surface area contributed by atoms with Crippen molar-refractivity contribution in [2.24, 2.45) is 0 Å². The van der Waals surface area contributed by atoms with Gasteiger partial charge in [0.05, 0.1) is 20.9 Å². The van der Waals surface area contributed by atoms with Crippen molar-refractivity contribution in [3.63, 3.8) is 0 Å². The Morgan fingerprint density at radius 2 is 2.25 bits per heavy atom. The fraction of sp³-hybridized carbons (Fsp3) is 0.500. The van der Waals surface area contributed by atoms with E-state index in [1.165, 1.54) is 18.9 Å². The van der Waals surface area contributed by atoms with Crippen LogP contribution in [0.4, 0.5) is 4.39 Å². The van der Waals surface area contributed by atoms with Gasteiger partial charge < -0.3 is 4.57 Å². The Morgan fingerprint density at radius 3 is 2.80 bits per heavy atom. The van der Waals surface area contributed by atoms with Gasteiger partial charge in [-0.15, -0.1) is 11.6 Å². The molecule has 3 rings (SSSR count). The summed E-state index contributed by atoms with van der Waals surface area (Å²) >= 11 is 11.4. The van der Waals surface area contributed by atoms with Crippen molar-refractivity contribution in [3.8, 4) is 0 Å². The van der Waals surface area contributed by atoms with E-state index in [-0.39, 0.29) is 11.2 Å². The Kier molecular flexibility index (Phi) is 3.80. The Hall–Kier alpha value is -0.260. The highest BCUT2D eigenvalue weighted by atomic mass is 79.9. The van der Waals surface area contributed by atoms with E-state index in [0.717, 1.165) is 17.9 Å². The molecule has 6 heteroatoms. The van der Waals surface area contributed by atoms with Gasteiger partial charge in [0.2, 0.25) is 0 Å². The van der Waals surface area contributed by atoms with Crippen LogP contribution in [0.5, 0.6) is 0 Å². The molecule has 0 bridgehead atoms. The summed E-state index contributed by atoms with van der Waals surface area (Å²) in [7, 11) is 0. The molecule has 20 heavy (non-hydrogen) atoms. The lowest BCUT2D eigenvalue weighted by atomic mass is 10.3. The first kappa shape index (κ1) is 14.7. The van der Waals surface area contributed by atoms with E-state index in [9.17, 15) is 4.39 Å². The molecular weight excluding hydrogens is 363 g/mol. The van der Waals surface area contributed by atoms with Gasteiger partial charge in [-0.25, -0.2) is 9.37 Å². The Bertz CT molecular complexity index is 667. The van der Waals surface area contributed by atoms with Crippen LogP contribution in [0.1, 0.15) is 31.0 Å². The van der Waals surface area contributed by atoms with Crippen LogP contribution in [0.15, 0.2) is 16.6 Å². The van der Waals surface area contributed by atoms with Crippen molar-refractivity contribution in [2.45, 2.75) is 36.4 Å². The third-order valence-electron chi connectivity index (χ3n) is 3.86. The van der Waals surface area contributed by atoms with E-state index >= 15 is 0 Å². The van der Waals surface area contributed by atoms with Crippen LogP contribution in [0.2, 0.25) is 0 Å². The summed E-state index contributed by atoms with van der Waals surface area (Å²) in [6.45, 7) is 2.79. The van der Waals surface area contributed by atoms with Gasteiger partial charge in [0.1, 0.15) is 11.6 Å². The van der Waals surface area contributed by atoms with Crippen molar-refractivity contribution in [1.29, 1.82) is 0 Å². The molecule has 1 heterocycles. The fourth-order valence-electron chi connectivity index (χ4n) is 2.46. The van der Waals surface area contributed by atoms with E-state index in [4.69, 9.17) is 11.6 Å². The Labute approximate surface area is 135 Å². The van der Waals surface area contributed by atoms with Crippen LogP contribution in [0.25, 0.3) is 11.0 Å². The summed E-state index contributed by atoms with van der Waals surface area (Å²) in [5.41, 5.74) is 1.62. The number of hydrogen-bond donors (Lipinski definition) is 0. The quantitative estimate of drug-likeness (QED) is 0.687. The number of nitrogens with zero attached hydrogens (tertiary/aromatic N) is 2. The second kappa shape index (κ2) is 5.18. The summed E-state index contributed by atoms with van der Waals surface area (Å²) in [4.78, 5) is 4.52. The molecule has 1 aliphatic carbocycles. The Balaban J connectivity index is 2.15. The third kappa shape index (κ3) is 2.48. The van der Waals surface area contributed by atoms with Crippen molar-refractivity contribution in [1.82, 2.24) is 9.55 Å². The number of benzene rings is 1. The van der Waals surface area contributed by atoms with Gasteiger partial charge in [-0.3, -0.25) is 0 Å². The van der Waals surface area contributed by atoms with E-state index in [2.05, 4.69) is 31.7 Å². The number of thioether (sulfide) groups is 1. The van der Waals surface area contributed by atoms with Crippen LogP contribution in [-0.2, 0) is 6.54 Å². The summed E-state index contributed by atoms with van der Waals surface area (Å²) in [6, 6.07) is 3.27. The van der Waals surface area contributed by atoms with Gasteiger partial charge in [-0.1, -0.05) is 0 Å².